The molecule has 1 amide bonds. The lowest BCUT2D eigenvalue weighted by molar-refractivity contribution is -0.133. The molecule has 0 saturated carbocycles. The lowest BCUT2D eigenvalue weighted by Crippen LogP contribution is -2.40. The maximum atomic E-state index is 13.2. The van der Waals surface area contributed by atoms with Crippen molar-refractivity contribution in [3.05, 3.63) is 66.1 Å². The normalized spacial score (nSPS) is 13.8. The van der Waals surface area contributed by atoms with E-state index in [4.69, 9.17) is 0 Å². The standard InChI is InChI=1S/C24H26N4O2/c1-24(2,3)13-20(30)28-14-18-21(19(29)15-28)23(26-17-7-5-4-6-8-17)22(27-18)16-9-11-25-12-10-16/h4-12,26-27H,13-15H2,1-3H3. The molecule has 0 aliphatic carbocycles. The summed E-state index contributed by atoms with van der Waals surface area (Å²) >= 11 is 0. The van der Waals surface area contributed by atoms with E-state index < -0.39 is 0 Å². The van der Waals surface area contributed by atoms with Crippen LogP contribution >= 0.6 is 0 Å². The zero-order chi connectivity index (χ0) is 21.3. The number of ketones is 1. The molecule has 6 heteroatoms. The van der Waals surface area contributed by atoms with Gasteiger partial charge in [0.15, 0.2) is 5.78 Å². The molecule has 0 fully saturated rings. The Labute approximate surface area is 176 Å². The van der Waals surface area contributed by atoms with Gasteiger partial charge in [-0.3, -0.25) is 14.6 Å². The summed E-state index contributed by atoms with van der Waals surface area (Å²) in [6, 6.07) is 13.6. The number of hydrogen-bond donors (Lipinski definition) is 2. The Kier molecular flexibility index (Phi) is 5.16. The van der Waals surface area contributed by atoms with Crippen LogP contribution in [-0.4, -0.2) is 33.1 Å². The lowest BCUT2D eigenvalue weighted by atomic mass is 9.91. The molecule has 1 aromatic carbocycles. The van der Waals surface area contributed by atoms with Gasteiger partial charge in [-0.05, 0) is 29.7 Å². The van der Waals surface area contributed by atoms with Gasteiger partial charge < -0.3 is 15.2 Å². The summed E-state index contributed by atoms with van der Waals surface area (Å²) in [6.07, 6.45) is 3.85. The Hall–Kier alpha value is -3.41. The maximum absolute atomic E-state index is 13.2. The van der Waals surface area contributed by atoms with Crippen molar-refractivity contribution in [1.29, 1.82) is 0 Å². The van der Waals surface area contributed by atoms with E-state index in [0.29, 0.717) is 18.5 Å². The van der Waals surface area contributed by atoms with Crippen LogP contribution < -0.4 is 5.32 Å². The third-order valence-electron chi connectivity index (χ3n) is 5.09. The summed E-state index contributed by atoms with van der Waals surface area (Å²) in [4.78, 5) is 35.1. The number of anilines is 2. The van der Waals surface area contributed by atoms with Crippen LogP contribution in [0.2, 0.25) is 0 Å². The number of hydrogen-bond acceptors (Lipinski definition) is 4. The molecule has 2 N–H and O–H groups in total. The quantitative estimate of drug-likeness (QED) is 0.658. The van der Waals surface area contributed by atoms with Crippen molar-refractivity contribution in [2.24, 2.45) is 5.41 Å². The Morgan fingerprint density at radius 2 is 1.80 bits per heavy atom. The number of nitrogens with zero attached hydrogens (tertiary/aromatic N) is 2. The van der Waals surface area contributed by atoms with Crippen LogP contribution in [0.25, 0.3) is 11.3 Å². The molecule has 2 aromatic heterocycles. The molecule has 1 aliphatic rings. The van der Waals surface area contributed by atoms with Crippen molar-refractivity contribution in [3.63, 3.8) is 0 Å². The van der Waals surface area contributed by atoms with Gasteiger partial charge >= 0.3 is 0 Å². The maximum Gasteiger partial charge on any atom is 0.223 e. The third kappa shape index (κ3) is 4.13. The number of H-pyrrole nitrogens is 1. The van der Waals surface area contributed by atoms with E-state index in [9.17, 15) is 9.59 Å². The van der Waals surface area contributed by atoms with Crippen LogP contribution in [-0.2, 0) is 11.3 Å². The first kappa shape index (κ1) is 19.9. The van der Waals surface area contributed by atoms with E-state index >= 15 is 0 Å². The highest BCUT2D eigenvalue weighted by molar-refractivity contribution is 6.09. The van der Waals surface area contributed by atoms with E-state index in [1.165, 1.54) is 0 Å². The fraction of sp³-hybridized carbons (Fsp3) is 0.292. The molecule has 0 radical (unpaired) electrons. The summed E-state index contributed by atoms with van der Waals surface area (Å²) in [5.74, 6) is -0.0624. The molecule has 6 nitrogen and oxygen atoms in total. The number of rotatable bonds is 4. The Morgan fingerprint density at radius 1 is 1.10 bits per heavy atom. The van der Waals surface area contributed by atoms with Crippen molar-refractivity contribution in [3.8, 4) is 11.3 Å². The summed E-state index contributed by atoms with van der Waals surface area (Å²) in [5.41, 5.74) is 4.66. The smallest absolute Gasteiger partial charge is 0.223 e. The number of carbonyl (C=O) groups is 2. The minimum atomic E-state index is -0.127. The Bertz CT molecular complexity index is 1070. The molecule has 0 bridgehead atoms. The topological polar surface area (TPSA) is 78.1 Å². The number of pyridine rings is 1. The van der Waals surface area contributed by atoms with Crippen molar-refractivity contribution in [2.45, 2.75) is 33.7 Å². The fourth-order valence-electron chi connectivity index (χ4n) is 3.74. The van der Waals surface area contributed by atoms with Gasteiger partial charge in [-0.15, -0.1) is 0 Å². The number of aromatic nitrogens is 2. The number of aromatic amines is 1. The van der Waals surface area contributed by atoms with Crippen LogP contribution in [0.3, 0.4) is 0 Å². The Balaban J connectivity index is 1.74. The van der Waals surface area contributed by atoms with Gasteiger partial charge in [-0.25, -0.2) is 0 Å². The molecule has 3 heterocycles. The molecule has 0 saturated heterocycles. The van der Waals surface area contributed by atoms with Crippen LogP contribution in [0.1, 0.15) is 43.2 Å². The molecule has 0 spiro atoms. The van der Waals surface area contributed by atoms with Gasteiger partial charge in [0.25, 0.3) is 0 Å². The number of benzene rings is 1. The highest BCUT2D eigenvalue weighted by Gasteiger charge is 2.33. The zero-order valence-corrected chi connectivity index (χ0v) is 17.5. The summed E-state index contributed by atoms with van der Waals surface area (Å²) in [6.45, 7) is 6.57. The van der Waals surface area contributed by atoms with Gasteiger partial charge in [-0.2, -0.15) is 0 Å². The predicted molar refractivity (Wildman–Crippen MR) is 118 cm³/mol. The number of nitrogens with one attached hydrogen (secondary N) is 2. The lowest BCUT2D eigenvalue weighted by Gasteiger charge is -2.29. The number of para-hydroxylation sites is 1. The molecule has 30 heavy (non-hydrogen) atoms. The largest absolute Gasteiger partial charge is 0.355 e. The van der Waals surface area contributed by atoms with Crippen LogP contribution in [0, 0.1) is 5.41 Å². The van der Waals surface area contributed by atoms with Gasteiger partial charge in [0.05, 0.1) is 30.0 Å². The minimum absolute atomic E-state index is 0.000806. The van der Waals surface area contributed by atoms with E-state index in [1.807, 2.05) is 63.2 Å². The fourth-order valence-corrected chi connectivity index (χ4v) is 3.74. The van der Waals surface area contributed by atoms with Crippen LogP contribution in [0.5, 0.6) is 0 Å². The summed E-state index contributed by atoms with van der Waals surface area (Å²) < 4.78 is 0. The second-order valence-electron chi connectivity index (χ2n) is 8.87. The number of carbonyl (C=O) groups excluding carboxylic acids is 2. The third-order valence-corrected chi connectivity index (χ3v) is 5.09. The van der Waals surface area contributed by atoms with E-state index in [-0.39, 0.29) is 23.7 Å². The monoisotopic (exact) mass is 402 g/mol. The van der Waals surface area contributed by atoms with E-state index in [2.05, 4.69) is 15.3 Å². The average Bonchev–Trinajstić information content (AvgIpc) is 3.07. The summed E-state index contributed by atoms with van der Waals surface area (Å²) in [7, 11) is 0. The number of fused-ring (bicyclic) bond motifs is 1. The molecular weight excluding hydrogens is 376 g/mol. The Morgan fingerprint density at radius 3 is 2.47 bits per heavy atom. The van der Waals surface area contributed by atoms with Gasteiger partial charge in [0.2, 0.25) is 5.91 Å². The van der Waals surface area contributed by atoms with Crippen LogP contribution in [0.15, 0.2) is 54.9 Å². The van der Waals surface area contributed by atoms with Gasteiger partial charge in [-0.1, -0.05) is 39.0 Å². The SMILES string of the molecule is CC(C)(C)CC(=O)N1CC(=O)c2c([nH]c(-c3ccncc3)c2Nc2ccccc2)C1. The highest BCUT2D eigenvalue weighted by atomic mass is 16.2. The van der Waals surface area contributed by atoms with E-state index in [0.717, 1.165) is 28.3 Å². The molecule has 154 valence electrons. The van der Waals surface area contributed by atoms with Crippen molar-refractivity contribution >= 4 is 23.1 Å². The van der Waals surface area contributed by atoms with Crippen molar-refractivity contribution in [2.75, 3.05) is 11.9 Å². The molecular formula is C24H26N4O2. The molecule has 0 atom stereocenters. The van der Waals surface area contributed by atoms with Crippen LogP contribution in [0.4, 0.5) is 11.4 Å². The second-order valence-corrected chi connectivity index (χ2v) is 8.87. The molecule has 3 aromatic rings. The van der Waals surface area contributed by atoms with Crippen molar-refractivity contribution < 1.29 is 9.59 Å². The number of Topliss-reactive ketones (excluding diaryl/α,β-unsaturated/α-hetero) is 1. The number of amides is 1. The van der Waals surface area contributed by atoms with E-state index in [1.54, 1.807) is 17.3 Å². The average molecular weight is 402 g/mol. The second kappa shape index (κ2) is 7.78. The molecule has 1 aliphatic heterocycles. The van der Waals surface area contributed by atoms with Gasteiger partial charge in [0, 0.05) is 35.8 Å². The highest BCUT2D eigenvalue weighted by Crippen LogP contribution is 2.38. The molecule has 4 rings (SSSR count). The first-order valence-corrected chi connectivity index (χ1v) is 10.1. The molecule has 0 unspecified atom stereocenters. The van der Waals surface area contributed by atoms with Crippen molar-refractivity contribution in [1.82, 2.24) is 14.9 Å². The predicted octanol–water partition coefficient (Wildman–Crippen LogP) is 4.78. The first-order valence-electron chi connectivity index (χ1n) is 10.1. The zero-order valence-electron chi connectivity index (χ0n) is 17.5. The van der Waals surface area contributed by atoms with Gasteiger partial charge in [0.1, 0.15) is 0 Å². The summed E-state index contributed by atoms with van der Waals surface area (Å²) in [5, 5.41) is 3.42. The minimum Gasteiger partial charge on any atom is -0.355 e. The first-order chi connectivity index (χ1) is 14.3.